The van der Waals surface area contributed by atoms with Gasteiger partial charge >= 0.3 is 6.61 Å². The van der Waals surface area contributed by atoms with Gasteiger partial charge in [-0.25, -0.2) is 0 Å². The van der Waals surface area contributed by atoms with Crippen molar-refractivity contribution in [2.24, 2.45) is 0 Å². The molecule has 1 aromatic rings. The van der Waals surface area contributed by atoms with Crippen LogP contribution in [0.2, 0.25) is 0 Å². The van der Waals surface area contributed by atoms with Gasteiger partial charge in [0.25, 0.3) is 0 Å². The first-order valence-corrected chi connectivity index (χ1v) is 7.53. The highest BCUT2D eigenvalue weighted by atomic mass is 19.3. The van der Waals surface area contributed by atoms with Crippen molar-refractivity contribution >= 4 is 5.91 Å². The number of amides is 1. The van der Waals surface area contributed by atoms with Crippen LogP contribution in [0.25, 0.3) is 0 Å². The number of alkyl halides is 2. The van der Waals surface area contributed by atoms with Gasteiger partial charge in [-0.1, -0.05) is 12.1 Å². The molecule has 4 nitrogen and oxygen atoms in total. The summed E-state index contributed by atoms with van der Waals surface area (Å²) in [5.41, 5.74) is 2.29. The van der Waals surface area contributed by atoms with E-state index in [0.29, 0.717) is 17.7 Å². The van der Waals surface area contributed by atoms with Gasteiger partial charge in [0.15, 0.2) is 0 Å². The molecule has 1 heterocycles. The van der Waals surface area contributed by atoms with Crippen LogP contribution in [0, 0.1) is 13.8 Å². The van der Waals surface area contributed by atoms with Crippen molar-refractivity contribution in [3.63, 3.8) is 0 Å². The van der Waals surface area contributed by atoms with Gasteiger partial charge in [0, 0.05) is 13.1 Å². The molecule has 0 spiro atoms. The standard InChI is InChI=1S/C16H22F2N2O2/c1-10-7-12(8-11(2)14(10)22-16(17)18)9-20-13-5-3-4-6-19-15(13)21/h7-8,13,16,20H,3-6,9H2,1-2H3,(H,19,21)/t13-/m1/s1. The minimum atomic E-state index is -2.82. The molecule has 0 saturated carbocycles. The van der Waals surface area contributed by atoms with Crippen LogP contribution in [0.3, 0.4) is 0 Å². The summed E-state index contributed by atoms with van der Waals surface area (Å²) in [5.74, 6) is 0.259. The first-order valence-electron chi connectivity index (χ1n) is 7.53. The maximum Gasteiger partial charge on any atom is 0.387 e. The summed E-state index contributed by atoms with van der Waals surface area (Å²) in [6.07, 6.45) is 2.83. The highest BCUT2D eigenvalue weighted by Gasteiger charge is 2.20. The summed E-state index contributed by atoms with van der Waals surface area (Å²) in [5, 5.41) is 6.12. The molecule has 2 rings (SSSR count). The monoisotopic (exact) mass is 312 g/mol. The number of hydrogen-bond acceptors (Lipinski definition) is 3. The fourth-order valence-electron chi connectivity index (χ4n) is 2.79. The molecule has 122 valence electrons. The minimum absolute atomic E-state index is 0.0311. The van der Waals surface area contributed by atoms with Crippen molar-refractivity contribution in [3.05, 3.63) is 28.8 Å². The lowest BCUT2D eigenvalue weighted by molar-refractivity contribution is -0.122. The molecule has 0 radical (unpaired) electrons. The second-order valence-corrected chi connectivity index (χ2v) is 5.66. The second kappa shape index (κ2) is 7.54. The van der Waals surface area contributed by atoms with Crippen LogP contribution < -0.4 is 15.4 Å². The first kappa shape index (κ1) is 16.7. The van der Waals surface area contributed by atoms with Crippen molar-refractivity contribution in [1.82, 2.24) is 10.6 Å². The normalized spacial score (nSPS) is 19.0. The summed E-state index contributed by atoms with van der Waals surface area (Å²) in [4.78, 5) is 11.9. The van der Waals surface area contributed by atoms with Crippen LogP contribution in [0.5, 0.6) is 5.75 Å². The Hall–Kier alpha value is -1.69. The van der Waals surface area contributed by atoms with E-state index in [4.69, 9.17) is 0 Å². The number of benzene rings is 1. The number of aryl methyl sites for hydroxylation is 2. The molecule has 0 aromatic heterocycles. The van der Waals surface area contributed by atoms with Gasteiger partial charge in [-0.15, -0.1) is 0 Å². The lowest BCUT2D eigenvalue weighted by atomic mass is 10.0. The van der Waals surface area contributed by atoms with E-state index in [2.05, 4.69) is 15.4 Å². The van der Waals surface area contributed by atoms with Crippen LogP contribution in [-0.2, 0) is 11.3 Å². The van der Waals surface area contributed by atoms with E-state index in [1.54, 1.807) is 13.8 Å². The average Bonchev–Trinajstić information content (AvgIpc) is 2.65. The lowest BCUT2D eigenvalue weighted by Gasteiger charge is -2.17. The van der Waals surface area contributed by atoms with E-state index in [1.807, 2.05) is 12.1 Å². The summed E-state index contributed by atoms with van der Waals surface area (Å²) >= 11 is 0. The third-order valence-corrected chi connectivity index (χ3v) is 3.81. The molecule has 2 N–H and O–H groups in total. The Morgan fingerprint density at radius 3 is 2.64 bits per heavy atom. The van der Waals surface area contributed by atoms with Crippen LogP contribution in [-0.4, -0.2) is 25.1 Å². The molecule has 0 aliphatic carbocycles. The number of halogens is 2. The van der Waals surface area contributed by atoms with Crippen LogP contribution in [0.1, 0.15) is 36.0 Å². The Bertz CT molecular complexity index is 512. The zero-order chi connectivity index (χ0) is 16.1. The van der Waals surface area contributed by atoms with Gasteiger partial charge < -0.3 is 15.4 Å². The van der Waals surface area contributed by atoms with Gasteiger partial charge in [-0.3, -0.25) is 4.79 Å². The Kier molecular flexibility index (Phi) is 5.71. The first-order chi connectivity index (χ1) is 10.5. The highest BCUT2D eigenvalue weighted by Crippen LogP contribution is 2.26. The Balaban J connectivity index is 2.02. The molecular weight excluding hydrogens is 290 g/mol. The Morgan fingerprint density at radius 1 is 1.32 bits per heavy atom. The largest absolute Gasteiger partial charge is 0.434 e. The van der Waals surface area contributed by atoms with Crippen molar-refractivity contribution < 1.29 is 18.3 Å². The molecule has 22 heavy (non-hydrogen) atoms. The predicted octanol–water partition coefficient (Wildman–Crippen LogP) is 2.66. The lowest BCUT2D eigenvalue weighted by Crippen LogP contribution is -2.42. The van der Waals surface area contributed by atoms with E-state index in [0.717, 1.165) is 31.4 Å². The van der Waals surface area contributed by atoms with Gasteiger partial charge in [-0.2, -0.15) is 8.78 Å². The second-order valence-electron chi connectivity index (χ2n) is 5.66. The van der Waals surface area contributed by atoms with Crippen LogP contribution in [0.15, 0.2) is 12.1 Å². The number of rotatable bonds is 5. The molecule has 0 unspecified atom stereocenters. The topological polar surface area (TPSA) is 50.4 Å². The van der Waals surface area contributed by atoms with E-state index in [9.17, 15) is 13.6 Å². The van der Waals surface area contributed by atoms with Crippen molar-refractivity contribution in [2.75, 3.05) is 6.54 Å². The molecule has 6 heteroatoms. The maximum absolute atomic E-state index is 12.4. The summed E-state index contributed by atoms with van der Waals surface area (Å²) in [7, 11) is 0. The number of nitrogens with one attached hydrogen (secondary N) is 2. The molecule has 1 fully saturated rings. The highest BCUT2D eigenvalue weighted by molar-refractivity contribution is 5.81. The SMILES string of the molecule is Cc1cc(CN[C@@H]2CCCCNC2=O)cc(C)c1OC(F)F. The number of ether oxygens (including phenoxy) is 1. The summed E-state index contributed by atoms with van der Waals surface area (Å²) in [6, 6.07) is 3.43. The predicted molar refractivity (Wildman–Crippen MR) is 80.0 cm³/mol. The number of carbonyl (C=O) groups excluding carboxylic acids is 1. The molecule has 1 aliphatic rings. The van der Waals surface area contributed by atoms with Crippen molar-refractivity contribution in [2.45, 2.75) is 52.3 Å². The number of hydrogen-bond donors (Lipinski definition) is 2. The van der Waals surface area contributed by atoms with Crippen molar-refractivity contribution in [1.29, 1.82) is 0 Å². The molecule has 1 atom stereocenters. The Morgan fingerprint density at radius 2 is 2.00 bits per heavy atom. The zero-order valence-electron chi connectivity index (χ0n) is 12.9. The van der Waals surface area contributed by atoms with E-state index in [1.165, 1.54) is 0 Å². The molecule has 1 saturated heterocycles. The van der Waals surface area contributed by atoms with Crippen LogP contribution >= 0.6 is 0 Å². The van der Waals surface area contributed by atoms with Gasteiger partial charge in [0.2, 0.25) is 5.91 Å². The average molecular weight is 312 g/mol. The fourth-order valence-corrected chi connectivity index (χ4v) is 2.79. The van der Waals surface area contributed by atoms with Gasteiger partial charge in [0.1, 0.15) is 5.75 Å². The summed E-state index contributed by atoms with van der Waals surface area (Å²) in [6.45, 7) is 1.92. The third kappa shape index (κ3) is 4.40. The Labute approximate surface area is 129 Å². The maximum atomic E-state index is 12.4. The molecule has 1 aliphatic heterocycles. The third-order valence-electron chi connectivity index (χ3n) is 3.81. The smallest absolute Gasteiger partial charge is 0.387 e. The molecular formula is C16H22F2N2O2. The zero-order valence-corrected chi connectivity index (χ0v) is 12.9. The summed E-state index contributed by atoms with van der Waals surface area (Å²) < 4.78 is 29.3. The van der Waals surface area contributed by atoms with E-state index in [-0.39, 0.29) is 17.7 Å². The van der Waals surface area contributed by atoms with Gasteiger partial charge in [-0.05, 0) is 49.8 Å². The van der Waals surface area contributed by atoms with Gasteiger partial charge in [0.05, 0.1) is 6.04 Å². The molecule has 0 bridgehead atoms. The van der Waals surface area contributed by atoms with Crippen LogP contribution in [0.4, 0.5) is 8.78 Å². The van der Waals surface area contributed by atoms with E-state index >= 15 is 0 Å². The molecule has 1 aromatic carbocycles. The van der Waals surface area contributed by atoms with Crippen molar-refractivity contribution in [3.8, 4) is 5.75 Å². The van der Waals surface area contributed by atoms with E-state index < -0.39 is 6.61 Å². The molecule has 1 amide bonds. The fraction of sp³-hybridized carbons (Fsp3) is 0.562. The minimum Gasteiger partial charge on any atom is -0.434 e. The number of carbonyl (C=O) groups is 1. The quantitative estimate of drug-likeness (QED) is 0.879.